The number of sulfonamides is 1. The summed E-state index contributed by atoms with van der Waals surface area (Å²) >= 11 is 0. The van der Waals surface area contributed by atoms with Gasteiger partial charge in [0.05, 0.1) is 5.75 Å². The molecule has 0 saturated carbocycles. The number of piperidine rings is 1. The molecule has 1 aliphatic rings. The Labute approximate surface area is 118 Å². The fourth-order valence-electron chi connectivity index (χ4n) is 2.51. The Hall–Kier alpha value is -0.170. The minimum Gasteiger partial charge on any atom is -0.317 e. The van der Waals surface area contributed by atoms with Crippen molar-refractivity contribution >= 4 is 10.0 Å². The van der Waals surface area contributed by atoms with E-state index in [1.54, 1.807) is 0 Å². The predicted molar refractivity (Wildman–Crippen MR) is 79.8 cm³/mol. The largest absolute Gasteiger partial charge is 0.317 e. The third-order valence-electron chi connectivity index (χ3n) is 3.63. The Morgan fingerprint density at radius 1 is 1.32 bits per heavy atom. The second-order valence-electron chi connectivity index (χ2n) is 5.67. The van der Waals surface area contributed by atoms with Gasteiger partial charge in [0.15, 0.2) is 0 Å². The first-order valence-electron chi connectivity index (χ1n) is 7.34. The Balaban J connectivity index is 2.29. The van der Waals surface area contributed by atoms with Gasteiger partial charge in [0.2, 0.25) is 10.0 Å². The van der Waals surface area contributed by atoms with Crippen LogP contribution >= 0.6 is 0 Å². The minimum atomic E-state index is -3.13. The lowest BCUT2D eigenvalue weighted by molar-refractivity contribution is 0.188. The van der Waals surface area contributed by atoms with Crippen molar-refractivity contribution in [3.05, 3.63) is 0 Å². The van der Waals surface area contributed by atoms with E-state index in [-0.39, 0.29) is 11.8 Å². The van der Waals surface area contributed by atoms with Gasteiger partial charge in [-0.3, -0.25) is 0 Å². The summed E-state index contributed by atoms with van der Waals surface area (Å²) in [6, 6.07) is 0.102. The first-order valence-corrected chi connectivity index (χ1v) is 8.99. The summed E-state index contributed by atoms with van der Waals surface area (Å²) in [4.78, 5) is 2.25. The molecule has 2 N–H and O–H groups in total. The monoisotopic (exact) mass is 291 g/mol. The zero-order valence-electron chi connectivity index (χ0n) is 12.5. The van der Waals surface area contributed by atoms with Crippen LogP contribution in [0, 0.1) is 5.92 Å². The molecule has 0 amide bonds. The van der Waals surface area contributed by atoms with Crippen molar-refractivity contribution in [3.8, 4) is 0 Å². The lowest BCUT2D eigenvalue weighted by Gasteiger charge is -2.34. The maximum atomic E-state index is 12.0. The van der Waals surface area contributed by atoms with Gasteiger partial charge in [-0.05, 0) is 51.9 Å². The molecule has 2 atom stereocenters. The van der Waals surface area contributed by atoms with Crippen LogP contribution in [-0.2, 0) is 10.0 Å². The third kappa shape index (κ3) is 6.70. The van der Waals surface area contributed by atoms with Gasteiger partial charge in [0, 0.05) is 12.6 Å². The Morgan fingerprint density at radius 3 is 2.68 bits per heavy atom. The van der Waals surface area contributed by atoms with Crippen LogP contribution in [0.15, 0.2) is 0 Å². The lowest BCUT2D eigenvalue weighted by Crippen LogP contribution is -2.49. The molecule has 1 heterocycles. The van der Waals surface area contributed by atoms with E-state index in [2.05, 4.69) is 35.8 Å². The third-order valence-corrected chi connectivity index (χ3v) is 5.12. The molecule has 0 aromatic rings. The van der Waals surface area contributed by atoms with Gasteiger partial charge in [-0.15, -0.1) is 0 Å². The van der Waals surface area contributed by atoms with Crippen molar-refractivity contribution < 1.29 is 8.42 Å². The summed E-state index contributed by atoms with van der Waals surface area (Å²) in [7, 11) is -1.04. The average molecular weight is 291 g/mol. The molecule has 1 rings (SSSR count). The molecular formula is C13H29N3O2S. The van der Waals surface area contributed by atoms with Crippen LogP contribution in [0.1, 0.15) is 33.1 Å². The molecular weight excluding hydrogens is 262 g/mol. The van der Waals surface area contributed by atoms with E-state index in [0.717, 1.165) is 39.0 Å². The van der Waals surface area contributed by atoms with Gasteiger partial charge in [-0.2, -0.15) is 0 Å². The van der Waals surface area contributed by atoms with E-state index in [1.807, 2.05) is 0 Å². The summed E-state index contributed by atoms with van der Waals surface area (Å²) in [5.41, 5.74) is 0. The standard InChI is InChI=1S/C13H29N3O2S/c1-4-7-14-8-5-10-19(17,18)15-13-6-9-16(3)11-12(13)2/h12-15H,4-11H2,1-3H3. The fraction of sp³-hybridized carbons (Fsp3) is 1.00. The summed E-state index contributed by atoms with van der Waals surface area (Å²) in [5, 5.41) is 3.23. The normalized spacial score (nSPS) is 25.6. The summed E-state index contributed by atoms with van der Waals surface area (Å²) < 4.78 is 26.9. The highest BCUT2D eigenvalue weighted by Gasteiger charge is 2.27. The fourth-order valence-corrected chi connectivity index (χ4v) is 3.96. The molecule has 1 saturated heterocycles. The van der Waals surface area contributed by atoms with Crippen LogP contribution in [-0.4, -0.2) is 58.3 Å². The van der Waals surface area contributed by atoms with Crippen LogP contribution in [0.4, 0.5) is 0 Å². The van der Waals surface area contributed by atoms with Crippen molar-refractivity contribution in [3.63, 3.8) is 0 Å². The van der Waals surface area contributed by atoms with Crippen molar-refractivity contribution in [1.82, 2.24) is 14.9 Å². The Bertz CT molecular complexity index is 346. The summed E-state index contributed by atoms with van der Waals surface area (Å²) in [5.74, 6) is 0.606. The summed E-state index contributed by atoms with van der Waals surface area (Å²) in [6.07, 6.45) is 2.67. The smallest absolute Gasteiger partial charge is 0.211 e. The molecule has 0 bridgehead atoms. The molecule has 0 spiro atoms. The highest BCUT2D eigenvalue weighted by Crippen LogP contribution is 2.16. The van der Waals surface area contributed by atoms with E-state index < -0.39 is 10.0 Å². The van der Waals surface area contributed by atoms with Crippen molar-refractivity contribution in [1.29, 1.82) is 0 Å². The molecule has 114 valence electrons. The maximum Gasteiger partial charge on any atom is 0.211 e. The number of nitrogens with zero attached hydrogens (tertiary/aromatic N) is 1. The van der Waals surface area contributed by atoms with Gasteiger partial charge in [0.25, 0.3) is 0 Å². The number of rotatable bonds is 8. The van der Waals surface area contributed by atoms with Crippen molar-refractivity contribution in [2.45, 2.75) is 39.2 Å². The van der Waals surface area contributed by atoms with Crippen LogP contribution < -0.4 is 10.0 Å². The van der Waals surface area contributed by atoms with Gasteiger partial charge in [-0.1, -0.05) is 13.8 Å². The zero-order chi connectivity index (χ0) is 14.3. The molecule has 1 fully saturated rings. The Morgan fingerprint density at radius 2 is 2.05 bits per heavy atom. The maximum absolute atomic E-state index is 12.0. The molecule has 1 aliphatic heterocycles. The highest BCUT2D eigenvalue weighted by molar-refractivity contribution is 7.89. The quantitative estimate of drug-likeness (QED) is 0.644. The van der Waals surface area contributed by atoms with E-state index >= 15 is 0 Å². The van der Waals surface area contributed by atoms with Crippen molar-refractivity contribution in [2.24, 2.45) is 5.92 Å². The minimum absolute atomic E-state index is 0.102. The number of nitrogens with one attached hydrogen (secondary N) is 2. The number of hydrogen-bond acceptors (Lipinski definition) is 4. The van der Waals surface area contributed by atoms with Crippen LogP contribution in [0.25, 0.3) is 0 Å². The summed E-state index contributed by atoms with van der Waals surface area (Å²) in [6.45, 7) is 7.89. The van der Waals surface area contributed by atoms with E-state index in [1.165, 1.54) is 0 Å². The second-order valence-corrected chi connectivity index (χ2v) is 7.55. The van der Waals surface area contributed by atoms with E-state index in [4.69, 9.17) is 0 Å². The molecule has 5 nitrogen and oxygen atoms in total. The zero-order valence-corrected chi connectivity index (χ0v) is 13.3. The van der Waals surface area contributed by atoms with Crippen LogP contribution in [0.3, 0.4) is 0 Å². The molecule has 0 aliphatic carbocycles. The van der Waals surface area contributed by atoms with E-state index in [9.17, 15) is 8.42 Å². The van der Waals surface area contributed by atoms with Gasteiger partial charge >= 0.3 is 0 Å². The van der Waals surface area contributed by atoms with Crippen LogP contribution in [0.2, 0.25) is 0 Å². The molecule has 19 heavy (non-hydrogen) atoms. The average Bonchev–Trinajstić information content (AvgIpc) is 2.32. The topological polar surface area (TPSA) is 61.4 Å². The van der Waals surface area contributed by atoms with E-state index in [0.29, 0.717) is 12.3 Å². The van der Waals surface area contributed by atoms with Gasteiger partial charge < -0.3 is 10.2 Å². The van der Waals surface area contributed by atoms with Crippen molar-refractivity contribution in [2.75, 3.05) is 39.0 Å². The molecule has 0 aromatic carbocycles. The molecule has 2 unspecified atom stereocenters. The first-order chi connectivity index (χ1) is 8.94. The molecule has 0 radical (unpaired) electrons. The highest BCUT2D eigenvalue weighted by atomic mass is 32.2. The number of likely N-dealkylation sites (tertiary alicyclic amines) is 1. The first kappa shape index (κ1) is 16.9. The SMILES string of the molecule is CCCNCCCS(=O)(=O)NC1CCN(C)CC1C. The van der Waals surface area contributed by atoms with Gasteiger partial charge in [-0.25, -0.2) is 13.1 Å². The van der Waals surface area contributed by atoms with Gasteiger partial charge in [0.1, 0.15) is 0 Å². The lowest BCUT2D eigenvalue weighted by atomic mass is 9.95. The Kier molecular flexibility index (Phi) is 7.28. The molecule has 0 aromatic heterocycles. The number of hydrogen-bond donors (Lipinski definition) is 2. The molecule has 6 heteroatoms. The van der Waals surface area contributed by atoms with Crippen LogP contribution in [0.5, 0.6) is 0 Å². The predicted octanol–water partition coefficient (Wildman–Crippen LogP) is 0.636. The second kappa shape index (κ2) is 8.19.